The molecule has 0 bridgehead atoms. The van der Waals surface area contributed by atoms with E-state index in [-0.39, 0.29) is 38.0 Å². The molecule has 1 amide bonds. The molecule has 3 atom stereocenters. The topological polar surface area (TPSA) is 107 Å². The van der Waals surface area contributed by atoms with E-state index >= 15 is 0 Å². The van der Waals surface area contributed by atoms with Crippen molar-refractivity contribution in [1.29, 1.82) is 0 Å². The van der Waals surface area contributed by atoms with Crippen molar-refractivity contribution < 1.29 is 47.8 Å². The van der Waals surface area contributed by atoms with E-state index in [0.29, 0.717) is 6.42 Å². The number of carbonyl (C=O) groups is 2. The third-order valence-electron chi connectivity index (χ3n) is 4.64. The van der Waals surface area contributed by atoms with E-state index in [0.717, 1.165) is 23.3 Å². The molecule has 0 aliphatic carbocycles. The number of aliphatic carboxylic acids is 1. The van der Waals surface area contributed by atoms with Crippen LogP contribution in [0.15, 0.2) is 30.3 Å². The van der Waals surface area contributed by atoms with Crippen LogP contribution in [-0.2, 0) is 25.3 Å². The number of rotatable bonds is 9. The third kappa shape index (κ3) is 7.44. The maximum atomic E-state index is 12.3. The smallest absolute Gasteiger partial charge is 0.548 e. The quantitative estimate of drug-likeness (QED) is 0.288. The minimum atomic E-state index is -3.65. The van der Waals surface area contributed by atoms with Crippen LogP contribution in [0, 0.1) is 0 Å². The van der Waals surface area contributed by atoms with Crippen molar-refractivity contribution in [2.24, 2.45) is 0 Å². The Morgan fingerprint density at radius 1 is 1.30 bits per heavy atom. The van der Waals surface area contributed by atoms with E-state index in [4.69, 9.17) is 4.74 Å². The van der Waals surface area contributed by atoms with Gasteiger partial charge in [0.2, 0.25) is 13.3 Å². The van der Waals surface area contributed by atoms with Crippen molar-refractivity contribution in [3.63, 3.8) is 0 Å². The molecular formula is C18H25LiNO6P. The Hall–Kier alpha value is -1.09. The molecule has 1 unspecified atom stereocenters. The van der Waals surface area contributed by atoms with Gasteiger partial charge in [0.15, 0.2) is 0 Å². The van der Waals surface area contributed by atoms with Gasteiger partial charge in [-0.1, -0.05) is 30.3 Å². The monoisotopic (exact) mass is 389 g/mol. The average Bonchev–Trinajstić information content (AvgIpc) is 3.04. The van der Waals surface area contributed by atoms with Gasteiger partial charge in [-0.2, -0.15) is 0 Å². The zero-order chi connectivity index (χ0) is 19.2. The summed E-state index contributed by atoms with van der Waals surface area (Å²) in [4.78, 5) is 34.7. The Balaban J connectivity index is 0.00000364. The van der Waals surface area contributed by atoms with Crippen LogP contribution in [0.1, 0.15) is 24.8 Å². The first kappa shape index (κ1) is 23.9. The third-order valence-corrected chi connectivity index (χ3v) is 6.42. The summed E-state index contributed by atoms with van der Waals surface area (Å²) in [5, 5.41) is 11.2. The molecule has 1 aliphatic rings. The summed E-state index contributed by atoms with van der Waals surface area (Å²) in [6.07, 6.45) is 1.33. The molecule has 0 radical (unpaired) electrons. The van der Waals surface area contributed by atoms with Crippen molar-refractivity contribution >= 4 is 19.2 Å². The summed E-state index contributed by atoms with van der Waals surface area (Å²) in [7, 11) is -2.21. The fourth-order valence-corrected chi connectivity index (χ4v) is 4.66. The van der Waals surface area contributed by atoms with E-state index in [1.165, 1.54) is 7.11 Å². The zero-order valence-corrected chi connectivity index (χ0v) is 16.8. The van der Waals surface area contributed by atoms with Gasteiger partial charge in [0.25, 0.3) is 0 Å². The van der Waals surface area contributed by atoms with Gasteiger partial charge in [0.05, 0.1) is 18.1 Å². The molecule has 27 heavy (non-hydrogen) atoms. The fourth-order valence-electron chi connectivity index (χ4n) is 3.18. The first-order valence-electron chi connectivity index (χ1n) is 8.70. The second kappa shape index (κ2) is 11.0. The van der Waals surface area contributed by atoms with Crippen LogP contribution in [0.5, 0.6) is 0 Å². The Labute approximate surface area is 171 Å². The van der Waals surface area contributed by atoms with Gasteiger partial charge in [0, 0.05) is 26.2 Å². The molecule has 9 heteroatoms. The molecular weight excluding hydrogens is 364 g/mol. The summed E-state index contributed by atoms with van der Waals surface area (Å²) in [5.41, 5.74) is 1.16. The molecule has 1 saturated heterocycles. The maximum Gasteiger partial charge on any atom is 1.00 e. The average molecular weight is 389 g/mol. The number of unbranched alkanes of at least 4 members (excludes halogenated alkanes) is 1. The number of likely N-dealkylation sites (tertiary alicyclic amines) is 1. The van der Waals surface area contributed by atoms with Crippen molar-refractivity contribution in [1.82, 2.24) is 4.90 Å². The van der Waals surface area contributed by atoms with E-state index < -0.39 is 37.6 Å². The first-order chi connectivity index (χ1) is 12.3. The van der Waals surface area contributed by atoms with Gasteiger partial charge in [-0.3, -0.25) is 9.36 Å². The number of carbonyl (C=O) groups excluding carboxylic acids is 2. The second-order valence-electron chi connectivity index (χ2n) is 6.65. The molecule has 7 nitrogen and oxygen atoms in total. The van der Waals surface area contributed by atoms with Crippen molar-refractivity contribution in [3.8, 4) is 0 Å². The van der Waals surface area contributed by atoms with E-state index in [1.54, 1.807) is 0 Å². The molecule has 0 spiro atoms. The van der Waals surface area contributed by atoms with Crippen LogP contribution in [0.3, 0.4) is 0 Å². The van der Waals surface area contributed by atoms with Gasteiger partial charge in [0.1, 0.15) is 6.16 Å². The molecule has 1 fully saturated rings. The Morgan fingerprint density at radius 3 is 2.56 bits per heavy atom. The van der Waals surface area contributed by atoms with Gasteiger partial charge < -0.3 is 24.4 Å². The number of ether oxygens (including phenoxy) is 1. The molecule has 0 saturated carbocycles. The SMILES string of the molecule is CO[C@H]1C[C@@H](C(=O)[O-])N(C(=O)CP(=O)(O)CCCCc2ccccc2)C1.[Li+]. The molecule has 2 rings (SSSR count). The number of nitrogens with zero attached hydrogens (tertiary/aromatic N) is 1. The number of aryl methyl sites for hydroxylation is 1. The van der Waals surface area contributed by atoms with Gasteiger partial charge >= 0.3 is 18.9 Å². The van der Waals surface area contributed by atoms with E-state index in [1.807, 2.05) is 30.3 Å². The van der Waals surface area contributed by atoms with Crippen LogP contribution in [-0.4, -0.2) is 59.8 Å². The van der Waals surface area contributed by atoms with Gasteiger partial charge in [-0.25, -0.2) is 0 Å². The zero-order valence-electron chi connectivity index (χ0n) is 15.9. The molecule has 144 valence electrons. The number of hydrogen-bond donors (Lipinski definition) is 1. The standard InChI is InChI=1S/C18H26NO6P.Li/c1-25-15-11-16(18(21)22)19(12-15)17(20)13-26(23,24)10-6-5-9-14-7-3-2-4-8-14;/h2-4,7-8,15-16H,5-6,9-13H2,1H3,(H,21,22)(H,23,24);/q;+1/p-1/t15-,16-;/m0./s1. The number of carboxylic acid groups (broad SMARTS) is 1. The van der Waals surface area contributed by atoms with Crippen LogP contribution in [0.25, 0.3) is 0 Å². The Bertz CT molecular complexity index is 671. The predicted octanol–water partition coefficient (Wildman–Crippen LogP) is -2.35. The summed E-state index contributed by atoms with van der Waals surface area (Å²) in [5.74, 6) is -2.00. The van der Waals surface area contributed by atoms with E-state index in [9.17, 15) is 24.2 Å². The van der Waals surface area contributed by atoms with Gasteiger partial charge in [-0.05, 0) is 24.8 Å². The van der Waals surface area contributed by atoms with Crippen molar-refractivity contribution in [2.75, 3.05) is 26.0 Å². The molecule has 1 aliphatic heterocycles. The maximum absolute atomic E-state index is 12.3. The molecule has 0 aromatic heterocycles. The van der Waals surface area contributed by atoms with Crippen molar-refractivity contribution in [2.45, 2.75) is 37.8 Å². The number of methoxy groups -OCH3 is 1. The van der Waals surface area contributed by atoms with Crippen LogP contribution >= 0.6 is 7.37 Å². The second-order valence-corrected chi connectivity index (χ2v) is 9.10. The Morgan fingerprint density at radius 2 is 1.96 bits per heavy atom. The fraction of sp³-hybridized carbons (Fsp3) is 0.556. The summed E-state index contributed by atoms with van der Waals surface area (Å²) >= 11 is 0. The molecule has 1 aromatic carbocycles. The van der Waals surface area contributed by atoms with Crippen LogP contribution in [0.2, 0.25) is 0 Å². The summed E-state index contributed by atoms with van der Waals surface area (Å²) < 4.78 is 17.4. The van der Waals surface area contributed by atoms with Crippen LogP contribution < -0.4 is 24.0 Å². The number of hydrogen-bond acceptors (Lipinski definition) is 5. The molecule has 1 heterocycles. The van der Waals surface area contributed by atoms with Gasteiger partial charge in [-0.15, -0.1) is 0 Å². The first-order valence-corrected chi connectivity index (χ1v) is 10.7. The van der Waals surface area contributed by atoms with Crippen molar-refractivity contribution in [3.05, 3.63) is 35.9 Å². The number of benzene rings is 1. The summed E-state index contributed by atoms with van der Waals surface area (Å²) in [6.45, 7) is 0.0992. The number of amides is 1. The molecule has 1 N–H and O–H groups in total. The molecule has 1 aromatic rings. The normalized spacial score (nSPS) is 21.3. The minimum Gasteiger partial charge on any atom is -0.548 e. The predicted molar refractivity (Wildman–Crippen MR) is 94.9 cm³/mol. The van der Waals surface area contributed by atoms with Crippen LogP contribution in [0.4, 0.5) is 0 Å². The van der Waals surface area contributed by atoms with E-state index in [2.05, 4.69) is 0 Å². The number of carboxylic acids is 1. The summed E-state index contributed by atoms with van der Waals surface area (Å²) in [6, 6.07) is 8.72. The Kier molecular flexibility index (Phi) is 9.79. The minimum absolute atomic E-state index is 0. The largest absolute Gasteiger partial charge is 1.00 e.